The van der Waals surface area contributed by atoms with E-state index >= 15 is 0 Å². The summed E-state index contributed by atoms with van der Waals surface area (Å²) in [6, 6.07) is 6.93. The molecule has 1 aromatic heterocycles. The summed E-state index contributed by atoms with van der Waals surface area (Å²) in [4.78, 5) is 40.3. The predicted octanol–water partition coefficient (Wildman–Crippen LogP) is 4.20. The maximum atomic E-state index is 12.8. The molecular formula is C25H37N3O5. The average molecular weight is 460 g/mol. The maximum absolute atomic E-state index is 12.8. The van der Waals surface area contributed by atoms with Crippen LogP contribution in [0, 0.1) is 11.8 Å². The number of alkyl carbamates (subject to hydrolysis) is 1. The number of aromatic amines is 1. The summed E-state index contributed by atoms with van der Waals surface area (Å²) < 4.78 is 5.28. The quantitative estimate of drug-likeness (QED) is 0.448. The topological polar surface area (TPSA) is 121 Å². The molecule has 1 heterocycles. The molecule has 0 aliphatic rings. The summed E-state index contributed by atoms with van der Waals surface area (Å²) in [6.45, 7) is 13.0. The normalized spacial score (nSPS) is 13.7. The van der Waals surface area contributed by atoms with Crippen molar-refractivity contribution in [2.45, 2.75) is 72.4 Å². The van der Waals surface area contributed by atoms with Crippen molar-refractivity contribution in [3.63, 3.8) is 0 Å². The van der Waals surface area contributed by atoms with Gasteiger partial charge in [-0.2, -0.15) is 0 Å². The number of amides is 2. The highest BCUT2D eigenvalue weighted by atomic mass is 16.6. The van der Waals surface area contributed by atoms with Crippen LogP contribution in [0.4, 0.5) is 4.79 Å². The molecule has 0 radical (unpaired) electrons. The number of aliphatic carboxylic acids is 1. The van der Waals surface area contributed by atoms with Gasteiger partial charge in [-0.05, 0) is 50.7 Å². The standard InChI is InChI=1S/C25H37N3O5/c1-14(2)19(23(30)31)21-17(16-10-8-9-11-18(16)27-21)12-13-26-22(29)20(15(3)4)28-24(32)33-25(5,6)7/h8-11,14-15,19-20,27H,12-13H2,1-7H3,(H,26,29)(H,28,32)(H,30,31). The van der Waals surface area contributed by atoms with Crippen LogP contribution in [0.15, 0.2) is 24.3 Å². The average Bonchev–Trinajstić information content (AvgIpc) is 3.02. The molecule has 0 aliphatic carbocycles. The molecule has 0 bridgehead atoms. The maximum Gasteiger partial charge on any atom is 0.408 e. The highest BCUT2D eigenvalue weighted by molar-refractivity contribution is 5.88. The van der Waals surface area contributed by atoms with Crippen LogP contribution in [0.3, 0.4) is 0 Å². The van der Waals surface area contributed by atoms with Gasteiger partial charge in [0.05, 0.1) is 5.92 Å². The van der Waals surface area contributed by atoms with Crippen LogP contribution in [0.5, 0.6) is 0 Å². The van der Waals surface area contributed by atoms with Gasteiger partial charge in [0.2, 0.25) is 5.91 Å². The van der Waals surface area contributed by atoms with E-state index in [1.165, 1.54) is 0 Å². The number of hydrogen-bond acceptors (Lipinski definition) is 4. The molecule has 8 heteroatoms. The highest BCUT2D eigenvalue weighted by Gasteiger charge is 2.30. The second-order valence-electron chi connectivity index (χ2n) is 10.0. The molecule has 0 spiro atoms. The van der Waals surface area contributed by atoms with Crippen molar-refractivity contribution in [3.05, 3.63) is 35.5 Å². The Labute approximate surface area is 195 Å². The number of carboxylic acid groups (broad SMARTS) is 1. The van der Waals surface area contributed by atoms with E-state index in [2.05, 4.69) is 15.6 Å². The molecular weight excluding hydrogens is 422 g/mol. The molecule has 2 rings (SSSR count). The van der Waals surface area contributed by atoms with Crippen molar-refractivity contribution in [1.29, 1.82) is 0 Å². The van der Waals surface area contributed by atoms with Crippen molar-refractivity contribution in [1.82, 2.24) is 15.6 Å². The monoisotopic (exact) mass is 459 g/mol. The van der Waals surface area contributed by atoms with Gasteiger partial charge >= 0.3 is 12.1 Å². The smallest absolute Gasteiger partial charge is 0.408 e. The van der Waals surface area contributed by atoms with Crippen LogP contribution in [-0.4, -0.2) is 46.2 Å². The van der Waals surface area contributed by atoms with Crippen LogP contribution in [0.2, 0.25) is 0 Å². The van der Waals surface area contributed by atoms with Crippen LogP contribution >= 0.6 is 0 Å². The van der Waals surface area contributed by atoms with Crippen molar-refractivity contribution in [2.24, 2.45) is 11.8 Å². The Morgan fingerprint density at radius 1 is 1.06 bits per heavy atom. The number of rotatable bonds is 9. The Hall–Kier alpha value is -3.03. The van der Waals surface area contributed by atoms with E-state index in [0.717, 1.165) is 16.5 Å². The van der Waals surface area contributed by atoms with E-state index in [1.54, 1.807) is 20.8 Å². The molecule has 0 fully saturated rings. The van der Waals surface area contributed by atoms with Gasteiger partial charge < -0.3 is 25.5 Å². The number of H-pyrrole nitrogens is 1. The minimum atomic E-state index is -0.886. The molecule has 2 aromatic rings. The first-order valence-electron chi connectivity index (χ1n) is 11.4. The Morgan fingerprint density at radius 3 is 2.24 bits per heavy atom. The zero-order valence-electron chi connectivity index (χ0n) is 20.6. The number of para-hydroxylation sites is 1. The van der Waals surface area contributed by atoms with Gasteiger partial charge in [-0.1, -0.05) is 45.9 Å². The van der Waals surface area contributed by atoms with Gasteiger partial charge in [-0.25, -0.2) is 4.79 Å². The van der Waals surface area contributed by atoms with Crippen molar-refractivity contribution >= 4 is 28.9 Å². The van der Waals surface area contributed by atoms with Gasteiger partial charge in [-0.15, -0.1) is 0 Å². The van der Waals surface area contributed by atoms with Crippen molar-refractivity contribution in [2.75, 3.05) is 6.54 Å². The number of carbonyl (C=O) groups excluding carboxylic acids is 2. The highest BCUT2D eigenvalue weighted by Crippen LogP contribution is 2.32. The molecule has 2 amide bonds. The SMILES string of the molecule is CC(C)C(NC(=O)OC(C)(C)C)C(=O)NCCc1c(C(C(=O)O)C(C)C)[nH]c2ccccc12. The number of benzene rings is 1. The molecule has 182 valence electrons. The molecule has 4 N–H and O–H groups in total. The minimum Gasteiger partial charge on any atom is -0.481 e. The molecule has 33 heavy (non-hydrogen) atoms. The largest absolute Gasteiger partial charge is 0.481 e. The van der Waals surface area contributed by atoms with Crippen molar-refractivity contribution < 1.29 is 24.2 Å². The third kappa shape index (κ3) is 6.97. The third-order valence-electron chi connectivity index (χ3n) is 5.39. The van der Waals surface area contributed by atoms with Gasteiger partial charge in [0.15, 0.2) is 0 Å². The second-order valence-corrected chi connectivity index (χ2v) is 10.0. The number of carbonyl (C=O) groups is 3. The zero-order valence-corrected chi connectivity index (χ0v) is 20.6. The van der Waals surface area contributed by atoms with Crippen molar-refractivity contribution in [3.8, 4) is 0 Å². The molecule has 2 unspecified atom stereocenters. The minimum absolute atomic E-state index is 0.104. The van der Waals surface area contributed by atoms with E-state index in [-0.39, 0.29) is 17.7 Å². The first-order valence-corrected chi connectivity index (χ1v) is 11.4. The van der Waals surface area contributed by atoms with Gasteiger partial charge in [0.1, 0.15) is 11.6 Å². The Kier molecular flexibility index (Phi) is 8.52. The molecule has 8 nitrogen and oxygen atoms in total. The van der Waals surface area contributed by atoms with Crippen LogP contribution in [0.1, 0.15) is 65.6 Å². The molecule has 0 saturated carbocycles. The zero-order chi connectivity index (χ0) is 24.9. The summed E-state index contributed by atoms with van der Waals surface area (Å²) in [5.41, 5.74) is 1.76. The Bertz CT molecular complexity index is 988. The number of ether oxygens (including phenoxy) is 1. The summed E-state index contributed by atoms with van der Waals surface area (Å²) in [7, 11) is 0. The second kappa shape index (κ2) is 10.7. The van der Waals surface area contributed by atoms with Crippen LogP contribution < -0.4 is 10.6 Å². The fourth-order valence-corrected chi connectivity index (χ4v) is 3.89. The Balaban J connectivity index is 2.17. The summed E-state index contributed by atoms with van der Waals surface area (Å²) in [5.74, 6) is -2.12. The lowest BCUT2D eigenvalue weighted by atomic mass is 9.89. The molecule has 2 atom stereocenters. The van der Waals surface area contributed by atoms with E-state index in [0.29, 0.717) is 18.7 Å². The predicted molar refractivity (Wildman–Crippen MR) is 128 cm³/mol. The fourth-order valence-electron chi connectivity index (χ4n) is 3.89. The lowest BCUT2D eigenvalue weighted by molar-refractivity contribution is -0.140. The first kappa shape index (κ1) is 26.2. The lowest BCUT2D eigenvalue weighted by Crippen LogP contribution is -2.51. The van der Waals surface area contributed by atoms with Crippen LogP contribution in [0.25, 0.3) is 10.9 Å². The number of nitrogens with one attached hydrogen (secondary N) is 3. The molecule has 0 aliphatic heterocycles. The van der Waals surface area contributed by atoms with E-state index in [4.69, 9.17) is 4.74 Å². The summed E-state index contributed by atoms with van der Waals surface area (Å²) >= 11 is 0. The summed E-state index contributed by atoms with van der Waals surface area (Å²) in [5, 5.41) is 16.3. The molecule has 0 saturated heterocycles. The van der Waals surface area contributed by atoms with E-state index in [9.17, 15) is 19.5 Å². The molecule has 1 aromatic carbocycles. The summed E-state index contributed by atoms with van der Waals surface area (Å²) in [6.07, 6.45) is -0.185. The van der Waals surface area contributed by atoms with Gasteiger partial charge in [-0.3, -0.25) is 9.59 Å². The van der Waals surface area contributed by atoms with E-state index < -0.39 is 29.6 Å². The first-order chi connectivity index (χ1) is 15.3. The van der Waals surface area contributed by atoms with E-state index in [1.807, 2.05) is 52.0 Å². The number of fused-ring (bicyclic) bond motifs is 1. The lowest BCUT2D eigenvalue weighted by Gasteiger charge is -2.25. The van der Waals surface area contributed by atoms with Gasteiger partial charge in [0.25, 0.3) is 0 Å². The number of aromatic nitrogens is 1. The number of hydrogen-bond donors (Lipinski definition) is 4. The van der Waals surface area contributed by atoms with Crippen LogP contribution in [-0.2, 0) is 20.7 Å². The fraction of sp³-hybridized carbons (Fsp3) is 0.560. The number of carboxylic acids is 1. The van der Waals surface area contributed by atoms with Gasteiger partial charge in [0, 0.05) is 23.1 Å². The third-order valence-corrected chi connectivity index (χ3v) is 5.39. The Morgan fingerprint density at radius 2 is 1.70 bits per heavy atom.